The number of rotatable bonds is 10. The van der Waals surface area contributed by atoms with Crippen molar-refractivity contribution in [3.05, 3.63) is 97.2 Å². The predicted molar refractivity (Wildman–Crippen MR) is 105 cm³/mol. The van der Waals surface area contributed by atoms with Crippen molar-refractivity contribution in [1.82, 2.24) is 0 Å². The number of para-hydroxylation sites is 2. The van der Waals surface area contributed by atoms with Crippen molar-refractivity contribution < 1.29 is 13.3 Å². The smallest absolute Gasteiger partial charge is 0.489 e. The van der Waals surface area contributed by atoms with Gasteiger partial charge in [-0.05, 0) is 36.1 Å². The molecule has 0 amide bonds. The van der Waals surface area contributed by atoms with Gasteiger partial charge in [0.05, 0.1) is 0 Å². The van der Waals surface area contributed by atoms with Crippen LogP contribution in [0.4, 0.5) is 0 Å². The third-order valence-corrected chi connectivity index (χ3v) is 5.79. The summed E-state index contributed by atoms with van der Waals surface area (Å²) in [6.07, 6.45) is 5.09. The van der Waals surface area contributed by atoms with Crippen LogP contribution in [0.15, 0.2) is 86.1 Å². The van der Waals surface area contributed by atoms with E-state index in [1.54, 1.807) is 12.8 Å². The van der Waals surface area contributed by atoms with Crippen molar-refractivity contribution in [3.63, 3.8) is 0 Å². The van der Waals surface area contributed by atoms with Gasteiger partial charge in [-0.15, -0.1) is 13.2 Å². The first-order valence-corrected chi connectivity index (χ1v) is 9.92. The van der Waals surface area contributed by atoms with E-state index < -0.39 is 8.80 Å². The zero-order chi connectivity index (χ0) is 18.1. The van der Waals surface area contributed by atoms with E-state index in [0.29, 0.717) is 12.8 Å². The van der Waals surface area contributed by atoms with Gasteiger partial charge in [0.1, 0.15) is 11.5 Å². The Kier molecular flexibility index (Phi) is 6.80. The van der Waals surface area contributed by atoms with Crippen molar-refractivity contribution in [1.29, 1.82) is 0 Å². The number of allylic oxidation sites excluding steroid dienone is 2. The summed E-state index contributed by atoms with van der Waals surface area (Å²) >= 11 is 0. The summed E-state index contributed by atoms with van der Waals surface area (Å²) in [7, 11) is -1.57. The van der Waals surface area contributed by atoms with Gasteiger partial charge in [0.25, 0.3) is 0 Å². The normalized spacial score (nSPS) is 10.8. The molecule has 0 bridgehead atoms. The Bertz CT molecular complexity index is 684. The number of benzene rings is 2. The Balaban J connectivity index is 2.35. The zero-order valence-electron chi connectivity index (χ0n) is 14.6. The molecule has 0 saturated heterocycles. The van der Waals surface area contributed by atoms with E-state index in [2.05, 4.69) is 19.7 Å². The lowest BCUT2D eigenvalue weighted by Gasteiger charge is -2.27. The average Bonchev–Trinajstić information content (AvgIpc) is 2.64. The summed E-state index contributed by atoms with van der Waals surface area (Å²) in [5.41, 5.74) is 3.69. The van der Waals surface area contributed by atoms with Crippen LogP contribution in [0.3, 0.4) is 0 Å². The molecule has 0 heterocycles. The van der Waals surface area contributed by atoms with Crippen LogP contribution < -0.4 is 8.85 Å². The molecule has 0 fully saturated rings. The first kappa shape index (κ1) is 18.8. The van der Waals surface area contributed by atoms with E-state index in [-0.39, 0.29) is 0 Å². The van der Waals surface area contributed by atoms with Crippen molar-refractivity contribution in [3.8, 4) is 11.5 Å². The molecular weight excluding hydrogens is 328 g/mol. The highest BCUT2D eigenvalue weighted by molar-refractivity contribution is 6.67. The molecular formula is C21H24O3Si. The minimum Gasteiger partial charge on any atom is -0.489 e. The molecule has 0 N–H and O–H groups in total. The van der Waals surface area contributed by atoms with Crippen molar-refractivity contribution >= 4 is 8.80 Å². The fourth-order valence-corrected chi connectivity index (χ4v) is 3.99. The van der Waals surface area contributed by atoms with Crippen LogP contribution in [0.25, 0.3) is 0 Å². The van der Waals surface area contributed by atoms with Gasteiger partial charge in [-0.2, -0.15) is 0 Å². The van der Waals surface area contributed by atoms with Gasteiger partial charge < -0.3 is 13.3 Å². The Labute approximate surface area is 151 Å². The first-order chi connectivity index (χ1) is 12.2. The van der Waals surface area contributed by atoms with Gasteiger partial charge in [-0.3, -0.25) is 0 Å². The van der Waals surface area contributed by atoms with Crippen LogP contribution in [0.2, 0.25) is 0 Å². The summed E-state index contributed by atoms with van der Waals surface area (Å²) in [6.45, 7) is 11.5. The van der Waals surface area contributed by atoms with Crippen LogP contribution in [-0.4, -0.2) is 15.9 Å². The molecule has 0 aliphatic heterocycles. The molecule has 130 valence electrons. The molecule has 4 heteroatoms. The third-order valence-electron chi connectivity index (χ3n) is 3.71. The van der Waals surface area contributed by atoms with Crippen molar-refractivity contribution in [2.75, 3.05) is 7.11 Å². The van der Waals surface area contributed by atoms with E-state index in [0.717, 1.165) is 22.6 Å². The predicted octanol–water partition coefficient (Wildman–Crippen LogP) is 4.91. The summed E-state index contributed by atoms with van der Waals surface area (Å²) in [5, 5.41) is 0. The molecule has 2 aromatic rings. The number of hydrogen-bond donors (Lipinski definition) is 0. The highest BCUT2D eigenvalue weighted by atomic mass is 28.4. The molecule has 25 heavy (non-hydrogen) atoms. The highest BCUT2D eigenvalue weighted by Crippen LogP contribution is 2.27. The lowest BCUT2D eigenvalue weighted by atomic mass is 10.1. The Morgan fingerprint density at radius 1 is 0.800 bits per heavy atom. The molecule has 2 aromatic carbocycles. The fraction of sp³-hybridized carbons (Fsp3) is 0.143. The van der Waals surface area contributed by atoms with Crippen LogP contribution in [-0.2, 0) is 17.3 Å². The Morgan fingerprint density at radius 3 is 1.60 bits per heavy atom. The van der Waals surface area contributed by atoms with Gasteiger partial charge in [0.2, 0.25) is 0 Å². The third kappa shape index (κ3) is 4.72. The molecule has 0 unspecified atom stereocenters. The van der Waals surface area contributed by atoms with E-state index in [1.165, 1.54) is 0 Å². The van der Waals surface area contributed by atoms with E-state index in [9.17, 15) is 0 Å². The second-order valence-corrected chi connectivity index (χ2v) is 7.85. The Morgan fingerprint density at radius 2 is 1.24 bits per heavy atom. The maximum Gasteiger partial charge on any atom is 0.660 e. The quantitative estimate of drug-likeness (QED) is 0.449. The minimum atomic E-state index is -3.15. The standard InChI is InChI=1S/C21H24O3Si/c1-5-12-18-14-8-10-16-20(18)23-25(7-3,22-4)24-21-17-11-9-15-19(21)13-6-2/h5-11,14-17H,1-3,12-13H2,4H3. The van der Waals surface area contributed by atoms with Gasteiger partial charge in [-0.25, -0.2) is 0 Å². The molecule has 0 spiro atoms. The second-order valence-electron chi connectivity index (χ2n) is 5.42. The zero-order valence-corrected chi connectivity index (χ0v) is 15.6. The summed E-state index contributed by atoms with van der Waals surface area (Å²) < 4.78 is 18.1. The van der Waals surface area contributed by atoms with E-state index >= 15 is 0 Å². The fourth-order valence-electron chi connectivity index (χ4n) is 2.43. The average molecular weight is 353 g/mol. The summed E-state index contributed by atoms with van der Waals surface area (Å²) in [4.78, 5) is 0. The van der Waals surface area contributed by atoms with Gasteiger partial charge >= 0.3 is 8.80 Å². The van der Waals surface area contributed by atoms with Gasteiger partial charge in [0.15, 0.2) is 0 Å². The van der Waals surface area contributed by atoms with Gasteiger partial charge in [-0.1, -0.05) is 55.1 Å². The molecule has 0 saturated carbocycles. The Hall–Kier alpha value is -2.56. The molecule has 0 aliphatic rings. The minimum absolute atomic E-state index is 0.703. The lowest BCUT2D eigenvalue weighted by molar-refractivity contribution is 0.220. The molecule has 0 aromatic heterocycles. The van der Waals surface area contributed by atoms with Crippen LogP contribution in [0.5, 0.6) is 11.5 Å². The maximum absolute atomic E-state index is 6.22. The van der Waals surface area contributed by atoms with Crippen molar-refractivity contribution in [2.24, 2.45) is 0 Å². The van der Waals surface area contributed by atoms with Crippen LogP contribution in [0, 0.1) is 0 Å². The highest BCUT2D eigenvalue weighted by Gasteiger charge is 2.43. The molecule has 0 atom stereocenters. The second kappa shape index (κ2) is 9.06. The topological polar surface area (TPSA) is 27.7 Å². The van der Waals surface area contributed by atoms with Gasteiger partial charge in [0, 0.05) is 12.8 Å². The van der Waals surface area contributed by atoms with E-state index in [4.69, 9.17) is 13.3 Å². The summed E-state index contributed by atoms with van der Waals surface area (Å²) in [5.74, 6) is 1.44. The van der Waals surface area contributed by atoms with E-state index in [1.807, 2.05) is 60.7 Å². The SMILES string of the molecule is C=CCc1ccccc1O[Si](C=C)(OC)Oc1ccccc1CC=C. The largest absolute Gasteiger partial charge is 0.660 e. The molecule has 3 nitrogen and oxygen atoms in total. The lowest BCUT2D eigenvalue weighted by Crippen LogP contribution is -2.49. The summed E-state index contributed by atoms with van der Waals surface area (Å²) in [6, 6.07) is 15.6. The monoisotopic (exact) mass is 352 g/mol. The molecule has 0 radical (unpaired) electrons. The van der Waals surface area contributed by atoms with Crippen molar-refractivity contribution in [2.45, 2.75) is 12.8 Å². The molecule has 2 rings (SSSR count). The maximum atomic E-state index is 6.22. The van der Waals surface area contributed by atoms with Crippen LogP contribution >= 0.6 is 0 Å². The molecule has 0 aliphatic carbocycles. The van der Waals surface area contributed by atoms with Crippen LogP contribution in [0.1, 0.15) is 11.1 Å². The number of hydrogen-bond acceptors (Lipinski definition) is 3. The first-order valence-electron chi connectivity index (χ1n) is 8.12.